The third kappa shape index (κ3) is 3.64. The van der Waals surface area contributed by atoms with Crippen molar-refractivity contribution in [1.29, 1.82) is 0 Å². The van der Waals surface area contributed by atoms with E-state index in [4.69, 9.17) is 0 Å². The smallest absolute Gasteiger partial charge is 0.153 e. The molecule has 0 aromatic heterocycles. The molecule has 0 aliphatic heterocycles. The van der Waals surface area contributed by atoms with Gasteiger partial charge in [0.15, 0.2) is 12.6 Å². The van der Waals surface area contributed by atoms with E-state index in [0.717, 1.165) is 0 Å². The quantitative estimate of drug-likeness (QED) is 0.244. The maximum atomic E-state index is 9.97. The molecule has 0 bridgehead atoms. The molecule has 0 aliphatic rings. The molecule has 0 atom stereocenters. The SMILES string of the molecule is CC(C)C=C(C=O)C=O. The molecule has 0 radical (unpaired) electrons. The Hall–Kier alpha value is -0.920. The van der Waals surface area contributed by atoms with Crippen LogP contribution in [0.15, 0.2) is 11.6 Å². The topological polar surface area (TPSA) is 34.1 Å². The standard InChI is InChI=1S/C7H10O2/c1-6(2)3-7(4-8)5-9/h3-6H,1-2H3. The molecule has 0 unspecified atom stereocenters. The van der Waals surface area contributed by atoms with Crippen molar-refractivity contribution >= 4 is 12.6 Å². The van der Waals surface area contributed by atoms with Crippen LogP contribution in [-0.4, -0.2) is 12.6 Å². The summed E-state index contributed by atoms with van der Waals surface area (Å²) in [5.74, 6) is 0.260. The second kappa shape index (κ2) is 4.01. The molecule has 0 saturated heterocycles. The molecular formula is C7H10O2. The van der Waals surface area contributed by atoms with Crippen LogP contribution in [0.3, 0.4) is 0 Å². The molecule has 0 fully saturated rings. The van der Waals surface area contributed by atoms with Crippen molar-refractivity contribution in [2.75, 3.05) is 0 Å². The van der Waals surface area contributed by atoms with Crippen LogP contribution in [0.25, 0.3) is 0 Å². The van der Waals surface area contributed by atoms with E-state index in [9.17, 15) is 9.59 Å². The lowest BCUT2D eigenvalue weighted by atomic mass is 10.1. The van der Waals surface area contributed by atoms with Gasteiger partial charge in [-0.3, -0.25) is 9.59 Å². The zero-order valence-electron chi connectivity index (χ0n) is 5.63. The van der Waals surface area contributed by atoms with Gasteiger partial charge in [0.25, 0.3) is 0 Å². The normalized spacial score (nSPS) is 8.78. The van der Waals surface area contributed by atoms with E-state index in [2.05, 4.69) is 0 Å². The molecule has 0 aromatic rings. The fourth-order valence-corrected chi connectivity index (χ4v) is 0.491. The van der Waals surface area contributed by atoms with Gasteiger partial charge in [-0.25, -0.2) is 0 Å². The lowest BCUT2D eigenvalue weighted by Crippen LogP contribution is -1.89. The molecule has 0 aromatic carbocycles. The number of carbonyl (C=O) groups is 2. The van der Waals surface area contributed by atoms with E-state index >= 15 is 0 Å². The highest BCUT2D eigenvalue weighted by molar-refractivity contribution is 5.99. The molecule has 0 spiro atoms. The Morgan fingerprint density at radius 3 is 1.78 bits per heavy atom. The van der Waals surface area contributed by atoms with Crippen molar-refractivity contribution in [2.24, 2.45) is 5.92 Å². The van der Waals surface area contributed by atoms with E-state index < -0.39 is 0 Å². The summed E-state index contributed by atoms with van der Waals surface area (Å²) < 4.78 is 0. The monoisotopic (exact) mass is 126 g/mol. The van der Waals surface area contributed by atoms with Crippen LogP contribution in [-0.2, 0) is 9.59 Å². The number of hydrogen-bond donors (Lipinski definition) is 0. The zero-order valence-corrected chi connectivity index (χ0v) is 5.63. The third-order valence-corrected chi connectivity index (χ3v) is 0.798. The number of aldehydes is 2. The van der Waals surface area contributed by atoms with E-state index in [1.165, 1.54) is 0 Å². The first kappa shape index (κ1) is 8.08. The van der Waals surface area contributed by atoms with Crippen LogP contribution in [0.4, 0.5) is 0 Å². The van der Waals surface area contributed by atoms with Crippen molar-refractivity contribution in [3.63, 3.8) is 0 Å². The summed E-state index contributed by atoms with van der Waals surface area (Å²) in [7, 11) is 0. The number of carbonyl (C=O) groups excluding carboxylic acids is 2. The Bertz CT molecular complexity index is 124. The predicted molar refractivity (Wildman–Crippen MR) is 35.0 cm³/mol. The fourth-order valence-electron chi connectivity index (χ4n) is 0.491. The van der Waals surface area contributed by atoms with Gasteiger partial charge in [-0.2, -0.15) is 0 Å². The van der Waals surface area contributed by atoms with Gasteiger partial charge >= 0.3 is 0 Å². The van der Waals surface area contributed by atoms with Crippen molar-refractivity contribution in [1.82, 2.24) is 0 Å². The van der Waals surface area contributed by atoms with Crippen LogP contribution < -0.4 is 0 Å². The van der Waals surface area contributed by atoms with Crippen LogP contribution in [0, 0.1) is 5.92 Å². The number of allylic oxidation sites excluding steroid dienone is 2. The van der Waals surface area contributed by atoms with E-state index in [1.54, 1.807) is 6.08 Å². The summed E-state index contributed by atoms with van der Waals surface area (Å²) in [5.41, 5.74) is 0.227. The lowest BCUT2D eigenvalue weighted by molar-refractivity contribution is -0.109. The first-order chi connectivity index (χ1) is 4.20. The molecule has 2 heteroatoms. The molecule has 0 rings (SSSR count). The maximum absolute atomic E-state index is 9.97. The Kier molecular flexibility index (Phi) is 3.60. The lowest BCUT2D eigenvalue weighted by Gasteiger charge is -1.91. The van der Waals surface area contributed by atoms with Crippen molar-refractivity contribution < 1.29 is 9.59 Å². The molecule has 0 aliphatic carbocycles. The molecule has 0 amide bonds. The van der Waals surface area contributed by atoms with Crippen LogP contribution in [0.1, 0.15) is 13.8 Å². The molecular weight excluding hydrogens is 116 g/mol. The third-order valence-electron chi connectivity index (χ3n) is 0.798. The first-order valence-electron chi connectivity index (χ1n) is 2.83. The van der Waals surface area contributed by atoms with Gasteiger partial charge in [-0.05, 0) is 5.92 Å². The average molecular weight is 126 g/mol. The van der Waals surface area contributed by atoms with Gasteiger partial charge in [0.2, 0.25) is 0 Å². The van der Waals surface area contributed by atoms with Crippen molar-refractivity contribution in [3.05, 3.63) is 11.6 Å². The molecule has 0 saturated carbocycles. The number of hydrogen-bond acceptors (Lipinski definition) is 2. The fraction of sp³-hybridized carbons (Fsp3) is 0.429. The van der Waals surface area contributed by atoms with E-state index in [0.29, 0.717) is 12.6 Å². The molecule has 50 valence electrons. The Morgan fingerprint density at radius 1 is 1.22 bits per heavy atom. The maximum Gasteiger partial charge on any atom is 0.153 e. The Balaban J connectivity index is 4.06. The molecule has 9 heavy (non-hydrogen) atoms. The van der Waals surface area contributed by atoms with Gasteiger partial charge in [-0.1, -0.05) is 19.9 Å². The number of rotatable bonds is 3. The second-order valence-electron chi connectivity index (χ2n) is 2.15. The highest BCUT2D eigenvalue weighted by Gasteiger charge is 1.92. The average Bonchev–Trinajstić information content (AvgIpc) is 1.82. The summed E-state index contributed by atoms with van der Waals surface area (Å²) in [4.78, 5) is 19.9. The largest absolute Gasteiger partial charge is 0.298 e. The second-order valence-corrected chi connectivity index (χ2v) is 2.15. The minimum Gasteiger partial charge on any atom is -0.298 e. The van der Waals surface area contributed by atoms with Gasteiger partial charge in [-0.15, -0.1) is 0 Å². The minimum absolute atomic E-state index is 0.227. The summed E-state index contributed by atoms with van der Waals surface area (Å²) in [6, 6.07) is 0. The van der Waals surface area contributed by atoms with Crippen LogP contribution >= 0.6 is 0 Å². The summed E-state index contributed by atoms with van der Waals surface area (Å²) >= 11 is 0. The highest BCUT2D eigenvalue weighted by Crippen LogP contribution is 1.96. The summed E-state index contributed by atoms with van der Waals surface area (Å²) in [6.07, 6.45) is 2.75. The van der Waals surface area contributed by atoms with Gasteiger partial charge in [0.1, 0.15) is 0 Å². The summed E-state index contributed by atoms with van der Waals surface area (Å²) in [6.45, 7) is 3.82. The molecule has 0 heterocycles. The Labute approximate surface area is 54.6 Å². The van der Waals surface area contributed by atoms with Crippen molar-refractivity contribution in [2.45, 2.75) is 13.8 Å². The van der Waals surface area contributed by atoms with E-state index in [-0.39, 0.29) is 11.5 Å². The summed E-state index contributed by atoms with van der Waals surface area (Å²) in [5, 5.41) is 0. The molecule has 2 nitrogen and oxygen atoms in total. The van der Waals surface area contributed by atoms with Crippen molar-refractivity contribution in [3.8, 4) is 0 Å². The van der Waals surface area contributed by atoms with Gasteiger partial charge < -0.3 is 0 Å². The van der Waals surface area contributed by atoms with Gasteiger partial charge in [0.05, 0.1) is 5.57 Å². The Morgan fingerprint density at radius 2 is 1.67 bits per heavy atom. The van der Waals surface area contributed by atoms with Gasteiger partial charge in [0, 0.05) is 0 Å². The van der Waals surface area contributed by atoms with E-state index in [1.807, 2.05) is 13.8 Å². The van der Waals surface area contributed by atoms with Crippen LogP contribution in [0.5, 0.6) is 0 Å². The predicted octanol–water partition coefficient (Wildman–Crippen LogP) is 0.967. The molecule has 0 N–H and O–H groups in total. The minimum atomic E-state index is 0.227. The first-order valence-corrected chi connectivity index (χ1v) is 2.83. The zero-order chi connectivity index (χ0) is 7.28. The highest BCUT2D eigenvalue weighted by atomic mass is 16.1. The van der Waals surface area contributed by atoms with Crippen LogP contribution in [0.2, 0.25) is 0 Å².